The van der Waals surface area contributed by atoms with Gasteiger partial charge in [0.1, 0.15) is 0 Å². The van der Waals surface area contributed by atoms with Gasteiger partial charge in [-0.2, -0.15) is 0 Å². The molecule has 0 spiro atoms. The third kappa shape index (κ3) is 0.920. The first-order valence-corrected chi connectivity index (χ1v) is 3.36. The molecular formula is C7H7N3O. The number of aromatic nitrogens is 2. The zero-order valence-corrected chi connectivity index (χ0v) is 5.82. The molecule has 2 heterocycles. The molecule has 1 aliphatic rings. The molecule has 1 aromatic heterocycles. The highest BCUT2D eigenvalue weighted by molar-refractivity contribution is 5.42. The molecule has 0 amide bonds. The Morgan fingerprint density at radius 1 is 1.64 bits per heavy atom. The van der Waals surface area contributed by atoms with Gasteiger partial charge < -0.3 is 5.32 Å². The smallest absolute Gasteiger partial charge is 0.258 e. The Balaban J connectivity index is 2.70. The van der Waals surface area contributed by atoms with Crippen LogP contribution in [0.2, 0.25) is 0 Å². The van der Waals surface area contributed by atoms with Gasteiger partial charge in [-0.1, -0.05) is 0 Å². The van der Waals surface area contributed by atoms with Crippen molar-refractivity contribution in [3.63, 3.8) is 0 Å². The molecule has 2 rings (SSSR count). The first-order valence-electron chi connectivity index (χ1n) is 3.36. The predicted octanol–water partition coefficient (Wildman–Crippen LogP) is 0.139. The lowest BCUT2D eigenvalue weighted by molar-refractivity contribution is 0.957. The maximum Gasteiger partial charge on any atom is 0.258 e. The summed E-state index contributed by atoms with van der Waals surface area (Å²) in [5.41, 5.74) is -0.0570. The molecule has 0 aromatic carbocycles. The molecule has 11 heavy (non-hydrogen) atoms. The van der Waals surface area contributed by atoms with Crippen LogP contribution in [0.5, 0.6) is 0 Å². The Morgan fingerprint density at radius 2 is 2.55 bits per heavy atom. The SMILES string of the molecule is O=c1ccnc2n1C=CCN2. The summed E-state index contributed by atoms with van der Waals surface area (Å²) in [6.07, 6.45) is 5.09. The van der Waals surface area contributed by atoms with Gasteiger partial charge in [0.2, 0.25) is 5.95 Å². The second kappa shape index (κ2) is 2.23. The molecule has 4 nitrogen and oxygen atoms in total. The highest BCUT2D eigenvalue weighted by Crippen LogP contribution is 2.02. The van der Waals surface area contributed by atoms with Crippen LogP contribution in [0.15, 0.2) is 23.1 Å². The molecular weight excluding hydrogens is 142 g/mol. The molecule has 56 valence electrons. The Hall–Kier alpha value is -1.58. The first-order chi connectivity index (χ1) is 5.38. The molecule has 0 saturated heterocycles. The number of anilines is 1. The van der Waals surface area contributed by atoms with Crippen molar-refractivity contribution >= 4 is 12.1 Å². The summed E-state index contributed by atoms with van der Waals surface area (Å²) in [6.45, 7) is 0.733. The average Bonchev–Trinajstić information content (AvgIpc) is 2.06. The Bertz CT molecular complexity index is 353. The van der Waals surface area contributed by atoms with Gasteiger partial charge in [0.15, 0.2) is 0 Å². The van der Waals surface area contributed by atoms with Crippen LogP contribution in [-0.4, -0.2) is 16.1 Å². The van der Waals surface area contributed by atoms with Crippen LogP contribution in [0.4, 0.5) is 5.95 Å². The van der Waals surface area contributed by atoms with Crippen molar-refractivity contribution in [3.05, 3.63) is 28.7 Å². The van der Waals surface area contributed by atoms with Crippen LogP contribution in [0, 0.1) is 0 Å². The molecule has 0 saturated carbocycles. The fourth-order valence-electron chi connectivity index (χ4n) is 1.00. The lowest BCUT2D eigenvalue weighted by Crippen LogP contribution is -2.22. The van der Waals surface area contributed by atoms with Crippen molar-refractivity contribution in [2.45, 2.75) is 0 Å². The molecule has 0 atom stereocenters. The molecule has 0 aliphatic carbocycles. The Labute approximate surface area is 63.2 Å². The van der Waals surface area contributed by atoms with Gasteiger partial charge in [0.25, 0.3) is 5.56 Å². The first kappa shape index (κ1) is 6.15. The quantitative estimate of drug-likeness (QED) is 0.570. The van der Waals surface area contributed by atoms with Crippen LogP contribution in [-0.2, 0) is 0 Å². The van der Waals surface area contributed by atoms with E-state index in [-0.39, 0.29) is 5.56 Å². The van der Waals surface area contributed by atoms with E-state index in [1.54, 1.807) is 6.20 Å². The van der Waals surface area contributed by atoms with Crippen LogP contribution in [0.3, 0.4) is 0 Å². The molecule has 0 radical (unpaired) electrons. The van der Waals surface area contributed by atoms with Gasteiger partial charge in [-0.3, -0.25) is 9.36 Å². The minimum absolute atomic E-state index is 0.0570. The minimum atomic E-state index is -0.0570. The van der Waals surface area contributed by atoms with Crippen LogP contribution in [0.25, 0.3) is 6.20 Å². The fraction of sp³-hybridized carbons (Fsp3) is 0.143. The van der Waals surface area contributed by atoms with Gasteiger partial charge in [0, 0.05) is 25.0 Å². The van der Waals surface area contributed by atoms with E-state index < -0.39 is 0 Å². The van der Waals surface area contributed by atoms with E-state index >= 15 is 0 Å². The van der Waals surface area contributed by atoms with Gasteiger partial charge in [-0.15, -0.1) is 0 Å². The van der Waals surface area contributed by atoms with Gasteiger partial charge in [-0.05, 0) is 6.08 Å². The predicted molar refractivity (Wildman–Crippen MR) is 42.3 cm³/mol. The van der Waals surface area contributed by atoms with E-state index in [1.165, 1.54) is 16.8 Å². The fourth-order valence-corrected chi connectivity index (χ4v) is 1.00. The number of fused-ring (bicyclic) bond motifs is 1. The molecule has 1 aromatic rings. The maximum atomic E-state index is 11.1. The van der Waals surface area contributed by atoms with Crippen molar-refractivity contribution in [1.29, 1.82) is 0 Å². The summed E-state index contributed by atoms with van der Waals surface area (Å²) in [5, 5.41) is 2.97. The number of hydrogen-bond donors (Lipinski definition) is 1. The highest BCUT2D eigenvalue weighted by atomic mass is 16.1. The number of hydrogen-bond acceptors (Lipinski definition) is 3. The summed E-state index contributed by atoms with van der Waals surface area (Å²) in [4.78, 5) is 15.1. The summed E-state index contributed by atoms with van der Waals surface area (Å²) >= 11 is 0. The van der Waals surface area contributed by atoms with Crippen molar-refractivity contribution in [2.24, 2.45) is 0 Å². The largest absolute Gasteiger partial charge is 0.352 e. The molecule has 4 heteroatoms. The lowest BCUT2D eigenvalue weighted by atomic mass is 10.5. The third-order valence-corrected chi connectivity index (χ3v) is 1.51. The van der Waals surface area contributed by atoms with Crippen LogP contribution in [0.1, 0.15) is 0 Å². The zero-order chi connectivity index (χ0) is 7.68. The highest BCUT2D eigenvalue weighted by Gasteiger charge is 2.02. The van der Waals surface area contributed by atoms with E-state index in [0.717, 1.165) is 6.54 Å². The van der Waals surface area contributed by atoms with Crippen molar-refractivity contribution in [2.75, 3.05) is 11.9 Å². The summed E-state index contributed by atoms with van der Waals surface area (Å²) in [5.74, 6) is 0.611. The lowest BCUT2D eigenvalue weighted by Gasteiger charge is -2.11. The normalized spacial score (nSPS) is 13.8. The van der Waals surface area contributed by atoms with E-state index in [4.69, 9.17) is 0 Å². The summed E-state index contributed by atoms with van der Waals surface area (Å²) < 4.78 is 1.48. The molecule has 1 N–H and O–H groups in total. The van der Waals surface area contributed by atoms with Crippen LogP contribution >= 0.6 is 0 Å². The number of rotatable bonds is 0. The Morgan fingerprint density at radius 3 is 3.36 bits per heavy atom. The monoisotopic (exact) mass is 149 g/mol. The standard InChI is InChI=1S/C7H7N3O/c11-6-2-4-9-7-8-3-1-5-10(6)7/h1-2,4-5H,3H2,(H,8,9). The maximum absolute atomic E-state index is 11.1. The zero-order valence-electron chi connectivity index (χ0n) is 5.82. The Kier molecular flexibility index (Phi) is 1.25. The average molecular weight is 149 g/mol. The molecule has 0 bridgehead atoms. The summed E-state index contributed by atoms with van der Waals surface area (Å²) in [7, 11) is 0. The molecule has 1 aliphatic heterocycles. The van der Waals surface area contributed by atoms with Gasteiger partial charge >= 0.3 is 0 Å². The number of nitrogens with one attached hydrogen (secondary N) is 1. The van der Waals surface area contributed by atoms with Crippen molar-refractivity contribution in [1.82, 2.24) is 9.55 Å². The second-order valence-electron chi connectivity index (χ2n) is 2.24. The van der Waals surface area contributed by atoms with Gasteiger partial charge in [0.05, 0.1) is 0 Å². The van der Waals surface area contributed by atoms with Crippen molar-refractivity contribution in [3.8, 4) is 0 Å². The molecule has 0 fully saturated rings. The summed E-state index contributed by atoms with van der Waals surface area (Å²) in [6, 6.07) is 1.43. The second-order valence-corrected chi connectivity index (χ2v) is 2.24. The van der Waals surface area contributed by atoms with E-state index in [9.17, 15) is 4.79 Å². The third-order valence-electron chi connectivity index (χ3n) is 1.51. The van der Waals surface area contributed by atoms with Crippen molar-refractivity contribution < 1.29 is 0 Å². The topological polar surface area (TPSA) is 46.9 Å². The number of nitrogens with zero attached hydrogens (tertiary/aromatic N) is 2. The van der Waals surface area contributed by atoms with Crippen LogP contribution < -0.4 is 10.9 Å². The molecule has 0 unspecified atom stereocenters. The van der Waals surface area contributed by atoms with E-state index in [0.29, 0.717) is 5.95 Å². The minimum Gasteiger partial charge on any atom is -0.352 e. The van der Waals surface area contributed by atoms with E-state index in [2.05, 4.69) is 10.3 Å². The van der Waals surface area contributed by atoms with Gasteiger partial charge in [-0.25, -0.2) is 4.98 Å². The van der Waals surface area contributed by atoms with E-state index in [1.807, 2.05) is 6.08 Å².